The quantitative estimate of drug-likeness (QED) is 0.807. The third-order valence-electron chi connectivity index (χ3n) is 3.44. The number of halogens is 1. The lowest BCUT2D eigenvalue weighted by molar-refractivity contribution is 0.480. The summed E-state index contributed by atoms with van der Waals surface area (Å²) in [5.41, 5.74) is 8.68. The third-order valence-corrected chi connectivity index (χ3v) is 3.70. The minimum atomic E-state index is -0.201. The van der Waals surface area contributed by atoms with Gasteiger partial charge in [-0.2, -0.15) is 9.61 Å². The first-order chi connectivity index (χ1) is 10.1. The van der Waals surface area contributed by atoms with Crippen LogP contribution in [0.15, 0.2) is 36.4 Å². The fraction of sp³-hybridized carbons (Fsp3) is 0.267. The zero-order chi connectivity index (χ0) is 15.0. The van der Waals surface area contributed by atoms with E-state index in [4.69, 9.17) is 17.3 Å². The predicted molar refractivity (Wildman–Crippen MR) is 83.0 cm³/mol. The van der Waals surface area contributed by atoms with E-state index in [0.717, 1.165) is 11.3 Å². The molecule has 2 N–H and O–H groups in total. The summed E-state index contributed by atoms with van der Waals surface area (Å²) in [4.78, 5) is 0. The normalized spacial score (nSPS) is 13.0. The number of hydrogen-bond donors (Lipinski definition) is 1. The van der Waals surface area contributed by atoms with Crippen molar-refractivity contribution < 1.29 is 0 Å². The van der Waals surface area contributed by atoms with Gasteiger partial charge in [-0.05, 0) is 30.2 Å². The van der Waals surface area contributed by atoms with Crippen LogP contribution in [0.2, 0.25) is 5.02 Å². The van der Waals surface area contributed by atoms with Crippen LogP contribution in [0.25, 0.3) is 16.9 Å². The molecule has 0 aliphatic rings. The van der Waals surface area contributed by atoms with Crippen LogP contribution in [0.3, 0.4) is 0 Å². The molecule has 3 aromatic rings. The van der Waals surface area contributed by atoms with Crippen molar-refractivity contribution in [3.8, 4) is 11.3 Å². The van der Waals surface area contributed by atoms with Gasteiger partial charge in [-0.3, -0.25) is 0 Å². The van der Waals surface area contributed by atoms with Crippen LogP contribution in [0.1, 0.15) is 25.7 Å². The van der Waals surface area contributed by atoms with Gasteiger partial charge in [0.25, 0.3) is 0 Å². The first-order valence-corrected chi connectivity index (χ1v) is 7.18. The van der Waals surface area contributed by atoms with Gasteiger partial charge in [-0.1, -0.05) is 37.6 Å². The smallest absolute Gasteiger partial charge is 0.178 e. The van der Waals surface area contributed by atoms with Crippen molar-refractivity contribution in [1.82, 2.24) is 19.8 Å². The van der Waals surface area contributed by atoms with Crippen LogP contribution >= 0.6 is 11.6 Å². The van der Waals surface area contributed by atoms with E-state index in [9.17, 15) is 0 Å². The molecule has 0 bridgehead atoms. The Labute approximate surface area is 127 Å². The maximum absolute atomic E-state index is 6.18. The van der Waals surface area contributed by atoms with E-state index < -0.39 is 0 Å². The van der Waals surface area contributed by atoms with Crippen molar-refractivity contribution in [3.05, 3.63) is 47.2 Å². The fourth-order valence-electron chi connectivity index (χ4n) is 2.09. The van der Waals surface area contributed by atoms with Gasteiger partial charge in [0.15, 0.2) is 11.5 Å². The van der Waals surface area contributed by atoms with Crippen LogP contribution in [0, 0.1) is 5.92 Å². The second kappa shape index (κ2) is 5.42. The highest BCUT2D eigenvalue weighted by Gasteiger charge is 2.18. The maximum atomic E-state index is 6.18. The van der Waals surface area contributed by atoms with E-state index >= 15 is 0 Å². The number of rotatable bonds is 3. The summed E-state index contributed by atoms with van der Waals surface area (Å²) in [6.07, 6.45) is 0. The molecule has 5 nitrogen and oxygen atoms in total. The molecule has 0 radical (unpaired) electrons. The topological polar surface area (TPSA) is 69.1 Å². The Morgan fingerprint density at radius 2 is 1.76 bits per heavy atom. The molecule has 0 fully saturated rings. The zero-order valence-corrected chi connectivity index (χ0v) is 12.6. The maximum Gasteiger partial charge on any atom is 0.178 e. The lowest BCUT2D eigenvalue weighted by atomic mass is 10.1. The molecular formula is C15H16ClN5. The molecule has 0 saturated carbocycles. The van der Waals surface area contributed by atoms with Crippen LogP contribution < -0.4 is 5.73 Å². The molecule has 2 heterocycles. The summed E-state index contributed by atoms with van der Waals surface area (Å²) in [6.45, 7) is 4.10. The summed E-state index contributed by atoms with van der Waals surface area (Å²) in [5, 5.41) is 13.6. The third kappa shape index (κ3) is 2.62. The summed E-state index contributed by atoms with van der Waals surface area (Å²) in [5.74, 6) is 0.939. The molecule has 0 aliphatic carbocycles. The standard InChI is InChI=1S/C15H16ClN5/c1-9(2)14(17)15-19-18-13-8-7-12(20-21(13)15)10-3-5-11(16)6-4-10/h3-9,14H,17H2,1-2H3/t14-/m1/s1. The largest absolute Gasteiger partial charge is 0.321 e. The average molecular weight is 302 g/mol. The number of nitrogens with zero attached hydrogens (tertiary/aromatic N) is 4. The molecule has 6 heteroatoms. The van der Waals surface area contributed by atoms with E-state index in [2.05, 4.69) is 29.1 Å². The minimum Gasteiger partial charge on any atom is -0.321 e. The van der Waals surface area contributed by atoms with Gasteiger partial charge in [0.2, 0.25) is 0 Å². The van der Waals surface area contributed by atoms with E-state index in [1.165, 1.54) is 0 Å². The highest BCUT2D eigenvalue weighted by Crippen LogP contribution is 2.22. The highest BCUT2D eigenvalue weighted by atomic mass is 35.5. The van der Waals surface area contributed by atoms with E-state index in [0.29, 0.717) is 16.5 Å². The Morgan fingerprint density at radius 3 is 2.43 bits per heavy atom. The van der Waals surface area contributed by atoms with E-state index in [1.54, 1.807) is 4.52 Å². The number of hydrogen-bond acceptors (Lipinski definition) is 4. The van der Waals surface area contributed by atoms with Crippen LogP contribution in [0.5, 0.6) is 0 Å². The number of fused-ring (bicyclic) bond motifs is 1. The van der Waals surface area contributed by atoms with Crippen molar-refractivity contribution in [2.45, 2.75) is 19.9 Å². The van der Waals surface area contributed by atoms with Crippen molar-refractivity contribution in [1.29, 1.82) is 0 Å². The SMILES string of the molecule is CC(C)[C@@H](N)c1nnc2ccc(-c3ccc(Cl)cc3)nn12. The zero-order valence-electron chi connectivity index (χ0n) is 11.9. The van der Waals surface area contributed by atoms with Crippen molar-refractivity contribution in [2.75, 3.05) is 0 Å². The molecule has 3 rings (SSSR count). The Morgan fingerprint density at radius 1 is 1.05 bits per heavy atom. The molecule has 21 heavy (non-hydrogen) atoms. The summed E-state index contributed by atoms with van der Waals surface area (Å²) in [6, 6.07) is 11.2. The Hall–Kier alpha value is -1.98. The predicted octanol–water partition coefficient (Wildman–Crippen LogP) is 3.10. The van der Waals surface area contributed by atoms with Gasteiger partial charge in [-0.25, -0.2) is 0 Å². The molecule has 0 spiro atoms. The first kappa shape index (κ1) is 14.0. The molecule has 0 saturated heterocycles. The molecule has 0 amide bonds. The van der Waals surface area contributed by atoms with Crippen molar-refractivity contribution >= 4 is 17.2 Å². The summed E-state index contributed by atoms with van der Waals surface area (Å²) >= 11 is 5.92. The van der Waals surface area contributed by atoms with Crippen LogP contribution in [-0.2, 0) is 0 Å². The van der Waals surface area contributed by atoms with E-state index in [1.807, 2.05) is 36.4 Å². The Balaban J connectivity index is 2.10. The van der Waals surface area contributed by atoms with E-state index in [-0.39, 0.29) is 12.0 Å². The van der Waals surface area contributed by atoms with Gasteiger partial charge in [0.05, 0.1) is 11.7 Å². The second-order valence-corrected chi connectivity index (χ2v) is 5.76. The van der Waals surface area contributed by atoms with Gasteiger partial charge >= 0.3 is 0 Å². The Kier molecular flexibility index (Phi) is 3.61. The Bertz CT molecular complexity index is 763. The van der Waals surface area contributed by atoms with Gasteiger partial charge in [0.1, 0.15) is 0 Å². The fourth-order valence-corrected chi connectivity index (χ4v) is 2.21. The molecule has 2 aromatic heterocycles. The average Bonchev–Trinajstić information content (AvgIpc) is 2.90. The first-order valence-electron chi connectivity index (χ1n) is 6.80. The van der Waals surface area contributed by atoms with Gasteiger partial charge in [-0.15, -0.1) is 10.2 Å². The summed E-state index contributed by atoms with van der Waals surface area (Å²) < 4.78 is 1.72. The lowest BCUT2D eigenvalue weighted by Gasteiger charge is -2.13. The lowest BCUT2D eigenvalue weighted by Crippen LogP contribution is -2.20. The molecule has 1 atom stereocenters. The van der Waals surface area contributed by atoms with Crippen LogP contribution in [0.4, 0.5) is 0 Å². The van der Waals surface area contributed by atoms with Crippen LogP contribution in [-0.4, -0.2) is 19.8 Å². The molecule has 108 valence electrons. The number of nitrogens with two attached hydrogens (primary N) is 1. The second-order valence-electron chi connectivity index (χ2n) is 5.32. The molecule has 0 unspecified atom stereocenters. The molecule has 0 aliphatic heterocycles. The highest BCUT2D eigenvalue weighted by molar-refractivity contribution is 6.30. The molecular weight excluding hydrogens is 286 g/mol. The molecule has 1 aromatic carbocycles. The monoisotopic (exact) mass is 301 g/mol. The summed E-state index contributed by atoms with van der Waals surface area (Å²) in [7, 11) is 0. The number of benzene rings is 1. The van der Waals surface area contributed by atoms with Gasteiger partial charge in [0, 0.05) is 10.6 Å². The van der Waals surface area contributed by atoms with Crippen molar-refractivity contribution in [3.63, 3.8) is 0 Å². The van der Waals surface area contributed by atoms with Gasteiger partial charge < -0.3 is 5.73 Å². The van der Waals surface area contributed by atoms with Crippen molar-refractivity contribution in [2.24, 2.45) is 11.7 Å². The minimum absolute atomic E-state index is 0.201. The number of aromatic nitrogens is 4.